The first-order valence-corrected chi connectivity index (χ1v) is 10.1. The second kappa shape index (κ2) is 6.68. The zero-order valence-electron chi connectivity index (χ0n) is 14.2. The standard InChI is InChI=1S/C16H25N5O2S/c1-3-11(2)20-24(22,23)14-13-16(19-10-9-18-13)21(15(14)17)12-7-5-4-6-8-12/h9-12,20H,3-8,17H2,1-2H3. The number of nitrogen functional groups attached to an aromatic ring is 1. The molecule has 0 saturated heterocycles. The Labute approximate surface area is 142 Å². The highest BCUT2D eigenvalue weighted by atomic mass is 32.2. The van der Waals surface area contributed by atoms with E-state index in [2.05, 4.69) is 14.7 Å². The SMILES string of the molecule is CCC(C)NS(=O)(=O)c1c(N)n(C2CCCCC2)c2nccnc12. The summed E-state index contributed by atoms with van der Waals surface area (Å²) in [5, 5.41) is 0. The van der Waals surface area contributed by atoms with Gasteiger partial charge in [-0.25, -0.2) is 23.1 Å². The Bertz CT molecular complexity index is 824. The minimum Gasteiger partial charge on any atom is -0.384 e. The molecule has 0 aromatic carbocycles. The summed E-state index contributed by atoms with van der Waals surface area (Å²) >= 11 is 0. The van der Waals surface area contributed by atoms with Crippen molar-refractivity contribution in [1.82, 2.24) is 19.3 Å². The van der Waals surface area contributed by atoms with E-state index in [4.69, 9.17) is 5.73 Å². The molecule has 0 aliphatic heterocycles. The molecule has 0 bridgehead atoms. The van der Waals surface area contributed by atoms with E-state index in [0.717, 1.165) is 25.7 Å². The van der Waals surface area contributed by atoms with E-state index in [9.17, 15) is 8.42 Å². The number of hydrogen-bond acceptors (Lipinski definition) is 5. The summed E-state index contributed by atoms with van der Waals surface area (Å²) in [5.74, 6) is 0.249. The average Bonchev–Trinajstić information content (AvgIpc) is 2.87. The van der Waals surface area contributed by atoms with Crippen molar-refractivity contribution in [3.8, 4) is 0 Å². The predicted molar refractivity (Wildman–Crippen MR) is 94.1 cm³/mol. The highest BCUT2D eigenvalue weighted by Gasteiger charge is 2.31. The van der Waals surface area contributed by atoms with Crippen molar-refractivity contribution in [3.05, 3.63) is 12.4 Å². The van der Waals surface area contributed by atoms with Crippen LogP contribution in [0.2, 0.25) is 0 Å². The summed E-state index contributed by atoms with van der Waals surface area (Å²) in [6.45, 7) is 3.77. The Hall–Kier alpha value is -1.67. The lowest BCUT2D eigenvalue weighted by Crippen LogP contribution is -2.32. The zero-order valence-corrected chi connectivity index (χ0v) is 15.0. The van der Waals surface area contributed by atoms with Crippen molar-refractivity contribution in [1.29, 1.82) is 0 Å². The molecule has 3 N–H and O–H groups in total. The monoisotopic (exact) mass is 351 g/mol. The van der Waals surface area contributed by atoms with E-state index in [1.165, 1.54) is 12.6 Å². The van der Waals surface area contributed by atoms with Crippen LogP contribution in [-0.4, -0.2) is 29.0 Å². The van der Waals surface area contributed by atoms with E-state index in [1.54, 1.807) is 6.20 Å². The topological polar surface area (TPSA) is 103 Å². The maximum atomic E-state index is 12.9. The van der Waals surface area contributed by atoms with Crippen molar-refractivity contribution in [2.24, 2.45) is 0 Å². The predicted octanol–water partition coefficient (Wildman–Crippen LogP) is 2.60. The normalized spacial score (nSPS) is 18.1. The van der Waals surface area contributed by atoms with Gasteiger partial charge in [-0.3, -0.25) is 0 Å². The van der Waals surface area contributed by atoms with Crippen LogP contribution in [0.1, 0.15) is 58.4 Å². The van der Waals surface area contributed by atoms with Crippen LogP contribution in [0.5, 0.6) is 0 Å². The van der Waals surface area contributed by atoms with Gasteiger partial charge in [0.1, 0.15) is 11.3 Å². The van der Waals surface area contributed by atoms with Crippen LogP contribution in [0.4, 0.5) is 5.82 Å². The third kappa shape index (κ3) is 3.00. The lowest BCUT2D eigenvalue weighted by atomic mass is 9.95. The zero-order chi connectivity index (χ0) is 17.3. The van der Waals surface area contributed by atoms with Crippen LogP contribution >= 0.6 is 0 Å². The third-order valence-electron chi connectivity index (χ3n) is 4.79. The molecule has 2 heterocycles. The van der Waals surface area contributed by atoms with Gasteiger partial charge in [-0.05, 0) is 26.2 Å². The molecule has 0 radical (unpaired) electrons. The minimum absolute atomic E-state index is 0.0662. The maximum Gasteiger partial charge on any atom is 0.246 e. The molecule has 1 fully saturated rings. The molecule has 1 aliphatic rings. The molecule has 7 nitrogen and oxygen atoms in total. The number of hydrogen-bond donors (Lipinski definition) is 2. The van der Waals surface area contributed by atoms with E-state index in [-0.39, 0.29) is 22.8 Å². The first-order valence-electron chi connectivity index (χ1n) is 8.58. The smallest absolute Gasteiger partial charge is 0.246 e. The lowest BCUT2D eigenvalue weighted by Gasteiger charge is -2.24. The summed E-state index contributed by atoms with van der Waals surface area (Å²) in [5.41, 5.74) is 7.23. The van der Waals surface area contributed by atoms with Crippen molar-refractivity contribution in [2.75, 3.05) is 5.73 Å². The molecule has 24 heavy (non-hydrogen) atoms. The van der Waals surface area contributed by atoms with E-state index >= 15 is 0 Å². The van der Waals surface area contributed by atoms with Crippen molar-refractivity contribution in [3.63, 3.8) is 0 Å². The van der Waals surface area contributed by atoms with Gasteiger partial charge in [0.05, 0.1) is 0 Å². The van der Waals surface area contributed by atoms with Gasteiger partial charge in [0, 0.05) is 24.5 Å². The Morgan fingerprint density at radius 2 is 1.96 bits per heavy atom. The number of fused-ring (bicyclic) bond motifs is 1. The van der Waals surface area contributed by atoms with Gasteiger partial charge in [0.15, 0.2) is 10.5 Å². The molecule has 1 saturated carbocycles. The highest BCUT2D eigenvalue weighted by molar-refractivity contribution is 7.90. The second-order valence-electron chi connectivity index (χ2n) is 6.54. The number of nitrogens with zero attached hydrogens (tertiary/aromatic N) is 3. The van der Waals surface area contributed by atoms with E-state index in [0.29, 0.717) is 17.6 Å². The molecule has 3 rings (SSSR count). The fourth-order valence-electron chi connectivity index (χ4n) is 3.39. The molecular weight excluding hydrogens is 326 g/mol. The maximum absolute atomic E-state index is 12.9. The summed E-state index contributed by atoms with van der Waals surface area (Å²) in [6.07, 6.45) is 9.23. The van der Waals surface area contributed by atoms with Crippen LogP contribution in [-0.2, 0) is 10.0 Å². The minimum atomic E-state index is -3.75. The van der Waals surface area contributed by atoms with E-state index < -0.39 is 10.0 Å². The van der Waals surface area contributed by atoms with Gasteiger partial charge in [0.25, 0.3) is 0 Å². The number of sulfonamides is 1. The fourth-order valence-corrected chi connectivity index (χ4v) is 4.98. The molecule has 132 valence electrons. The van der Waals surface area contributed by atoms with Crippen LogP contribution < -0.4 is 10.5 Å². The second-order valence-corrected chi connectivity index (χ2v) is 8.19. The van der Waals surface area contributed by atoms with Crippen molar-refractivity contribution >= 4 is 27.0 Å². The number of nitrogens with one attached hydrogen (secondary N) is 1. The average molecular weight is 351 g/mol. The molecule has 1 aliphatic carbocycles. The van der Waals surface area contributed by atoms with Crippen LogP contribution in [0.25, 0.3) is 11.2 Å². The van der Waals surface area contributed by atoms with Gasteiger partial charge in [-0.1, -0.05) is 26.2 Å². The first kappa shape index (κ1) is 17.2. The van der Waals surface area contributed by atoms with Crippen molar-refractivity contribution in [2.45, 2.75) is 69.4 Å². The molecule has 1 unspecified atom stereocenters. The number of anilines is 1. The number of nitrogens with two attached hydrogens (primary N) is 1. The van der Waals surface area contributed by atoms with Crippen LogP contribution in [0.15, 0.2) is 17.3 Å². The number of rotatable bonds is 5. The van der Waals surface area contributed by atoms with Gasteiger partial charge in [0.2, 0.25) is 10.0 Å². The summed E-state index contributed by atoms with van der Waals surface area (Å²) in [7, 11) is -3.75. The quantitative estimate of drug-likeness (QED) is 0.862. The molecule has 0 spiro atoms. The first-order chi connectivity index (χ1) is 11.5. The van der Waals surface area contributed by atoms with E-state index in [1.807, 2.05) is 18.4 Å². The van der Waals surface area contributed by atoms with Crippen LogP contribution in [0, 0.1) is 0 Å². The fraction of sp³-hybridized carbons (Fsp3) is 0.625. The van der Waals surface area contributed by atoms with Gasteiger partial charge in [-0.2, -0.15) is 0 Å². The van der Waals surface area contributed by atoms with Gasteiger partial charge in [-0.15, -0.1) is 0 Å². The molecular formula is C16H25N5O2S. The molecule has 2 aromatic rings. The Balaban J connectivity index is 2.17. The van der Waals surface area contributed by atoms with Gasteiger partial charge >= 0.3 is 0 Å². The Kier molecular flexibility index (Phi) is 4.78. The van der Waals surface area contributed by atoms with Crippen LogP contribution in [0.3, 0.4) is 0 Å². The lowest BCUT2D eigenvalue weighted by molar-refractivity contribution is 0.362. The summed E-state index contributed by atoms with van der Waals surface area (Å²) in [4.78, 5) is 8.72. The molecule has 0 amide bonds. The summed E-state index contributed by atoms with van der Waals surface area (Å²) in [6, 6.07) is 0.0182. The summed E-state index contributed by atoms with van der Waals surface area (Å²) < 4.78 is 30.3. The largest absolute Gasteiger partial charge is 0.384 e. The molecule has 1 atom stereocenters. The third-order valence-corrected chi connectivity index (χ3v) is 6.44. The highest BCUT2D eigenvalue weighted by Crippen LogP contribution is 2.37. The van der Waals surface area contributed by atoms with Gasteiger partial charge < -0.3 is 10.3 Å². The Morgan fingerprint density at radius 3 is 2.62 bits per heavy atom. The number of aromatic nitrogens is 3. The molecule has 8 heteroatoms. The van der Waals surface area contributed by atoms with Crippen molar-refractivity contribution < 1.29 is 8.42 Å². The molecule has 2 aromatic heterocycles. The Morgan fingerprint density at radius 1 is 1.29 bits per heavy atom.